The second-order valence-corrected chi connectivity index (χ2v) is 7.15. The number of esters is 2. The molecule has 0 saturated heterocycles. The number of hydrogen-bond acceptors (Lipinski definition) is 8. The Labute approximate surface area is 165 Å². The highest BCUT2D eigenvalue weighted by molar-refractivity contribution is 5.85. The van der Waals surface area contributed by atoms with E-state index >= 15 is 0 Å². The molecule has 10 nitrogen and oxygen atoms in total. The standard InChI is InChI=1S/C18H32N2O8/c1-11(2)7-13(19-15(23)9-21)17(25)27-5-6-28-18(26)14(8-12(3)4)20-16(24)10-22/h11-14,21-22H,5-10H2,1-4H3,(H,19,23)(H,20,24)/t13-,14+. The first-order valence-corrected chi connectivity index (χ1v) is 9.24. The highest BCUT2D eigenvalue weighted by Crippen LogP contribution is 2.08. The molecule has 162 valence electrons. The van der Waals surface area contributed by atoms with Crippen LogP contribution in [-0.4, -0.2) is 72.5 Å². The average Bonchev–Trinajstić information content (AvgIpc) is 2.62. The maximum Gasteiger partial charge on any atom is 0.328 e. The Kier molecular flexibility index (Phi) is 12.8. The number of hydrogen-bond donors (Lipinski definition) is 4. The van der Waals surface area contributed by atoms with E-state index in [1.54, 1.807) is 0 Å². The first-order valence-electron chi connectivity index (χ1n) is 9.24. The summed E-state index contributed by atoms with van der Waals surface area (Å²) in [5.74, 6) is -2.57. The Balaban J connectivity index is 4.53. The predicted molar refractivity (Wildman–Crippen MR) is 98.9 cm³/mol. The van der Waals surface area contributed by atoms with Crippen LogP contribution in [0.4, 0.5) is 0 Å². The Hall–Kier alpha value is -2.20. The van der Waals surface area contributed by atoms with Gasteiger partial charge in [0.05, 0.1) is 0 Å². The van der Waals surface area contributed by atoms with Gasteiger partial charge in [0.15, 0.2) is 0 Å². The molecule has 0 saturated carbocycles. The number of aliphatic hydroxyl groups is 2. The summed E-state index contributed by atoms with van der Waals surface area (Å²) >= 11 is 0. The highest BCUT2D eigenvalue weighted by Gasteiger charge is 2.25. The fourth-order valence-electron chi connectivity index (χ4n) is 2.34. The lowest BCUT2D eigenvalue weighted by Gasteiger charge is -2.20. The largest absolute Gasteiger partial charge is 0.461 e. The molecule has 2 amide bonds. The topological polar surface area (TPSA) is 151 Å². The molecule has 0 aromatic heterocycles. The summed E-state index contributed by atoms with van der Waals surface area (Å²) in [7, 11) is 0. The SMILES string of the molecule is CC(C)C[C@H](NC(=O)CO)C(=O)OCCOC(=O)[C@@H](CC(C)C)NC(=O)CO. The Morgan fingerprint density at radius 2 is 1.04 bits per heavy atom. The van der Waals surface area contributed by atoms with Crippen molar-refractivity contribution >= 4 is 23.8 Å². The zero-order valence-corrected chi connectivity index (χ0v) is 16.9. The maximum absolute atomic E-state index is 12.1. The van der Waals surface area contributed by atoms with Crippen molar-refractivity contribution < 1.29 is 38.9 Å². The number of ether oxygens (including phenoxy) is 2. The highest BCUT2D eigenvalue weighted by atomic mass is 16.6. The third-order valence-corrected chi connectivity index (χ3v) is 3.51. The van der Waals surface area contributed by atoms with Gasteiger partial charge in [0.1, 0.15) is 38.5 Å². The smallest absolute Gasteiger partial charge is 0.328 e. The molecule has 0 aliphatic carbocycles. The van der Waals surface area contributed by atoms with E-state index in [4.69, 9.17) is 19.7 Å². The van der Waals surface area contributed by atoms with Crippen LogP contribution in [0.25, 0.3) is 0 Å². The molecule has 0 rings (SSSR count). The average molecular weight is 404 g/mol. The van der Waals surface area contributed by atoms with Crippen LogP contribution < -0.4 is 10.6 Å². The van der Waals surface area contributed by atoms with E-state index in [2.05, 4.69) is 10.6 Å². The van der Waals surface area contributed by atoms with Crippen LogP contribution in [0.15, 0.2) is 0 Å². The van der Waals surface area contributed by atoms with Crippen molar-refractivity contribution in [3.63, 3.8) is 0 Å². The Bertz CT molecular complexity index is 476. The lowest BCUT2D eigenvalue weighted by atomic mass is 10.0. The number of aliphatic hydroxyl groups excluding tert-OH is 2. The van der Waals surface area contributed by atoms with E-state index in [0.29, 0.717) is 12.8 Å². The predicted octanol–water partition coefficient (Wildman–Crippen LogP) is -0.881. The zero-order chi connectivity index (χ0) is 21.7. The van der Waals surface area contributed by atoms with E-state index in [9.17, 15) is 19.2 Å². The van der Waals surface area contributed by atoms with Crippen molar-refractivity contribution in [3.8, 4) is 0 Å². The molecule has 0 radical (unpaired) electrons. The summed E-state index contributed by atoms with van der Waals surface area (Å²) in [5.41, 5.74) is 0. The molecule has 0 fully saturated rings. The van der Waals surface area contributed by atoms with Gasteiger partial charge in [0.2, 0.25) is 11.8 Å². The van der Waals surface area contributed by atoms with Gasteiger partial charge in [-0.05, 0) is 24.7 Å². The van der Waals surface area contributed by atoms with Crippen LogP contribution in [0.1, 0.15) is 40.5 Å². The quantitative estimate of drug-likeness (QED) is 0.228. The third kappa shape index (κ3) is 11.5. The number of rotatable bonds is 13. The summed E-state index contributed by atoms with van der Waals surface area (Å²) < 4.78 is 10.0. The summed E-state index contributed by atoms with van der Waals surface area (Å²) in [6.07, 6.45) is 0.655. The van der Waals surface area contributed by atoms with Gasteiger partial charge < -0.3 is 30.3 Å². The van der Waals surface area contributed by atoms with Crippen molar-refractivity contribution in [2.45, 2.75) is 52.6 Å². The van der Waals surface area contributed by atoms with Gasteiger partial charge in [0, 0.05) is 0 Å². The molecule has 4 N–H and O–H groups in total. The van der Waals surface area contributed by atoms with Crippen LogP contribution in [0.3, 0.4) is 0 Å². The number of amides is 2. The van der Waals surface area contributed by atoms with Crippen molar-refractivity contribution in [3.05, 3.63) is 0 Å². The van der Waals surface area contributed by atoms with Crippen LogP contribution in [0.2, 0.25) is 0 Å². The van der Waals surface area contributed by atoms with Crippen LogP contribution in [0, 0.1) is 11.8 Å². The monoisotopic (exact) mass is 404 g/mol. The molecule has 28 heavy (non-hydrogen) atoms. The van der Waals surface area contributed by atoms with Crippen molar-refractivity contribution in [1.82, 2.24) is 10.6 Å². The molecule has 0 aromatic rings. The molecule has 0 aliphatic rings. The molecule has 10 heteroatoms. The molecule has 2 atom stereocenters. The van der Waals surface area contributed by atoms with E-state index in [0.717, 1.165) is 0 Å². The van der Waals surface area contributed by atoms with Gasteiger partial charge in [-0.1, -0.05) is 27.7 Å². The van der Waals surface area contributed by atoms with E-state index in [1.807, 2.05) is 27.7 Å². The molecule has 0 spiro atoms. The first-order chi connectivity index (χ1) is 13.1. The lowest BCUT2D eigenvalue weighted by Crippen LogP contribution is -2.45. The summed E-state index contributed by atoms with van der Waals surface area (Å²) in [6.45, 7) is 5.52. The molecule has 0 heterocycles. The fourth-order valence-corrected chi connectivity index (χ4v) is 2.34. The van der Waals surface area contributed by atoms with Gasteiger partial charge in [-0.25, -0.2) is 9.59 Å². The van der Waals surface area contributed by atoms with E-state index in [1.165, 1.54) is 0 Å². The van der Waals surface area contributed by atoms with E-state index in [-0.39, 0.29) is 25.0 Å². The Morgan fingerprint density at radius 3 is 1.29 bits per heavy atom. The minimum absolute atomic E-state index is 0.0984. The second-order valence-electron chi connectivity index (χ2n) is 7.15. The zero-order valence-electron chi connectivity index (χ0n) is 16.9. The Morgan fingerprint density at radius 1 is 0.714 bits per heavy atom. The fraction of sp³-hybridized carbons (Fsp3) is 0.778. The minimum atomic E-state index is -0.909. The molecule has 0 unspecified atom stereocenters. The number of carbonyl (C=O) groups is 4. The summed E-state index contributed by atoms with van der Waals surface area (Å²) in [4.78, 5) is 46.8. The third-order valence-electron chi connectivity index (χ3n) is 3.51. The minimum Gasteiger partial charge on any atom is -0.461 e. The number of carbonyl (C=O) groups excluding carboxylic acids is 4. The number of nitrogens with one attached hydrogen (secondary N) is 2. The van der Waals surface area contributed by atoms with E-state index < -0.39 is 49.1 Å². The molecular formula is C18H32N2O8. The van der Waals surface area contributed by atoms with Crippen LogP contribution >= 0.6 is 0 Å². The van der Waals surface area contributed by atoms with Gasteiger partial charge >= 0.3 is 11.9 Å². The van der Waals surface area contributed by atoms with Gasteiger partial charge in [-0.2, -0.15) is 0 Å². The van der Waals surface area contributed by atoms with Gasteiger partial charge in [-0.3, -0.25) is 9.59 Å². The molecular weight excluding hydrogens is 372 g/mol. The van der Waals surface area contributed by atoms with Gasteiger partial charge in [-0.15, -0.1) is 0 Å². The molecule has 0 aliphatic heterocycles. The van der Waals surface area contributed by atoms with Crippen molar-refractivity contribution in [2.75, 3.05) is 26.4 Å². The van der Waals surface area contributed by atoms with Crippen LogP contribution in [0.5, 0.6) is 0 Å². The normalized spacial score (nSPS) is 13.0. The summed E-state index contributed by atoms with van der Waals surface area (Å²) in [6, 6.07) is -1.82. The summed E-state index contributed by atoms with van der Waals surface area (Å²) in [5, 5.41) is 22.4. The second kappa shape index (κ2) is 13.9. The van der Waals surface area contributed by atoms with Gasteiger partial charge in [0.25, 0.3) is 0 Å². The molecule has 0 aromatic carbocycles. The first kappa shape index (κ1) is 25.8. The lowest BCUT2D eigenvalue weighted by molar-refractivity contribution is -0.156. The van der Waals surface area contributed by atoms with Crippen molar-refractivity contribution in [2.24, 2.45) is 11.8 Å². The molecule has 0 bridgehead atoms. The van der Waals surface area contributed by atoms with Crippen LogP contribution in [-0.2, 0) is 28.7 Å². The van der Waals surface area contributed by atoms with Crippen molar-refractivity contribution in [1.29, 1.82) is 0 Å². The maximum atomic E-state index is 12.1.